The molecule has 2 heterocycles. The molecule has 0 unspecified atom stereocenters. The van der Waals surface area contributed by atoms with Crippen LogP contribution in [-0.4, -0.2) is 11.8 Å². The third kappa shape index (κ3) is 3.39. The van der Waals surface area contributed by atoms with E-state index in [1.807, 2.05) is 85.3 Å². The number of para-hydroxylation sites is 1. The Labute approximate surface area is 164 Å². The number of fused-ring (bicyclic) bond motifs is 1. The van der Waals surface area contributed by atoms with Crippen LogP contribution in [0.2, 0.25) is 0 Å². The molecule has 0 fully saturated rings. The largest absolute Gasteiger partial charge is 0.324 e. The zero-order valence-corrected chi connectivity index (χ0v) is 15.9. The summed E-state index contributed by atoms with van der Waals surface area (Å²) in [4.78, 5) is 28.0. The standard InChI is InChI=1S/C23H21N3O2/c1-16-12-17(2)14-19(13-16)26-21(27)15-25-11-7-6-10-20(25)22(26)23(28)24-18-8-4-3-5-9-18/h3-14,22H,15H2,1-2H3/p+1/t22-/m1/s1. The summed E-state index contributed by atoms with van der Waals surface area (Å²) in [6.45, 7) is 4.19. The summed E-state index contributed by atoms with van der Waals surface area (Å²) >= 11 is 0. The number of hydrogen-bond donors (Lipinski definition) is 1. The van der Waals surface area contributed by atoms with Gasteiger partial charge in [0, 0.05) is 23.5 Å². The minimum absolute atomic E-state index is 0.109. The van der Waals surface area contributed by atoms with Crippen LogP contribution in [0.5, 0.6) is 0 Å². The molecule has 0 aliphatic carbocycles. The number of carbonyl (C=O) groups excluding carboxylic acids is 2. The second-order valence-corrected chi connectivity index (χ2v) is 7.12. The molecule has 1 aliphatic rings. The second kappa shape index (κ2) is 7.27. The average Bonchev–Trinajstić information content (AvgIpc) is 2.66. The molecule has 28 heavy (non-hydrogen) atoms. The lowest BCUT2D eigenvalue weighted by molar-refractivity contribution is -0.695. The van der Waals surface area contributed by atoms with Crippen LogP contribution < -0.4 is 14.8 Å². The Morgan fingerprint density at radius 2 is 1.68 bits per heavy atom. The Morgan fingerprint density at radius 3 is 2.39 bits per heavy atom. The van der Waals surface area contributed by atoms with Gasteiger partial charge in [0.05, 0.1) is 0 Å². The number of hydrogen-bond acceptors (Lipinski definition) is 2. The Morgan fingerprint density at radius 1 is 1.00 bits per heavy atom. The number of nitrogens with zero attached hydrogens (tertiary/aromatic N) is 2. The topological polar surface area (TPSA) is 53.3 Å². The van der Waals surface area contributed by atoms with Crippen LogP contribution in [-0.2, 0) is 16.1 Å². The molecule has 3 aromatic rings. The lowest BCUT2D eigenvalue weighted by atomic mass is 10.0. The predicted octanol–water partition coefficient (Wildman–Crippen LogP) is 3.32. The Bertz CT molecular complexity index is 1030. The van der Waals surface area contributed by atoms with E-state index in [-0.39, 0.29) is 18.4 Å². The monoisotopic (exact) mass is 372 g/mol. The summed E-state index contributed by atoms with van der Waals surface area (Å²) in [6.07, 6.45) is 1.84. The van der Waals surface area contributed by atoms with E-state index < -0.39 is 6.04 Å². The molecule has 1 N–H and O–H groups in total. The third-order valence-corrected chi connectivity index (χ3v) is 4.86. The van der Waals surface area contributed by atoms with Crippen molar-refractivity contribution in [3.63, 3.8) is 0 Å². The lowest BCUT2D eigenvalue weighted by Crippen LogP contribution is -2.58. The highest BCUT2D eigenvalue weighted by Crippen LogP contribution is 2.31. The third-order valence-electron chi connectivity index (χ3n) is 4.86. The highest BCUT2D eigenvalue weighted by atomic mass is 16.2. The summed E-state index contributed by atoms with van der Waals surface area (Å²) in [5.41, 5.74) is 4.34. The molecule has 0 bridgehead atoms. The molecule has 0 saturated heterocycles. The predicted molar refractivity (Wildman–Crippen MR) is 108 cm³/mol. The van der Waals surface area contributed by atoms with E-state index in [1.54, 1.807) is 4.90 Å². The van der Waals surface area contributed by atoms with E-state index in [2.05, 4.69) is 11.4 Å². The number of carbonyl (C=O) groups is 2. The first-order valence-electron chi connectivity index (χ1n) is 9.27. The molecule has 2 amide bonds. The van der Waals surface area contributed by atoms with Gasteiger partial charge >= 0.3 is 0 Å². The van der Waals surface area contributed by atoms with Crippen molar-refractivity contribution in [2.45, 2.75) is 26.4 Å². The summed E-state index contributed by atoms with van der Waals surface area (Å²) in [7, 11) is 0. The number of amides is 2. The first-order valence-corrected chi connectivity index (χ1v) is 9.27. The molecule has 0 radical (unpaired) electrons. The number of nitrogens with one attached hydrogen (secondary N) is 1. The fraction of sp³-hybridized carbons (Fsp3) is 0.174. The Hall–Kier alpha value is -3.47. The van der Waals surface area contributed by atoms with Gasteiger partial charge in [0.25, 0.3) is 11.8 Å². The molecular formula is C23H22N3O2+. The van der Waals surface area contributed by atoms with Crippen LogP contribution in [0.4, 0.5) is 11.4 Å². The summed E-state index contributed by atoms with van der Waals surface area (Å²) in [6, 6.07) is 20.2. The first kappa shape index (κ1) is 17.9. The van der Waals surface area contributed by atoms with E-state index in [4.69, 9.17) is 0 Å². The number of rotatable bonds is 3. The molecule has 5 heteroatoms. The zero-order valence-electron chi connectivity index (χ0n) is 15.9. The van der Waals surface area contributed by atoms with Gasteiger partial charge in [0.15, 0.2) is 6.20 Å². The smallest absolute Gasteiger partial charge is 0.294 e. The molecular weight excluding hydrogens is 350 g/mol. The molecule has 1 aliphatic heterocycles. The van der Waals surface area contributed by atoms with E-state index in [0.717, 1.165) is 22.5 Å². The summed E-state index contributed by atoms with van der Waals surface area (Å²) < 4.78 is 1.84. The fourth-order valence-electron chi connectivity index (χ4n) is 3.75. The summed E-state index contributed by atoms with van der Waals surface area (Å²) in [5, 5.41) is 2.96. The van der Waals surface area contributed by atoms with E-state index >= 15 is 0 Å². The van der Waals surface area contributed by atoms with Crippen molar-refractivity contribution in [2.24, 2.45) is 0 Å². The van der Waals surface area contributed by atoms with Crippen LogP contribution in [0.15, 0.2) is 72.9 Å². The second-order valence-electron chi connectivity index (χ2n) is 7.12. The molecule has 0 spiro atoms. The molecule has 5 nitrogen and oxygen atoms in total. The van der Waals surface area contributed by atoms with Crippen LogP contribution in [0, 0.1) is 13.8 Å². The quantitative estimate of drug-likeness (QED) is 0.717. The normalized spacial score (nSPS) is 15.9. The van der Waals surface area contributed by atoms with Gasteiger partial charge in [-0.3, -0.25) is 14.5 Å². The van der Waals surface area contributed by atoms with Gasteiger partial charge in [0.1, 0.15) is 0 Å². The van der Waals surface area contributed by atoms with Crippen molar-refractivity contribution in [3.8, 4) is 0 Å². The maximum Gasteiger partial charge on any atom is 0.294 e. The number of aryl methyl sites for hydroxylation is 2. The molecule has 1 aromatic heterocycles. The van der Waals surface area contributed by atoms with Crippen molar-refractivity contribution in [1.29, 1.82) is 0 Å². The number of pyridine rings is 1. The van der Waals surface area contributed by atoms with E-state index in [9.17, 15) is 9.59 Å². The van der Waals surface area contributed by atoms with Gasteiger partial charge in [-0.05, 0) is 49.2 Å². The van der Waals surface area contributed by atoms with Crippen molar-refractivity contribution in [1.82, 2.24) is 0 Å². The lowest BCUT2D eigenvalue weighted by Gasteiger charge is -2.32. The van der Waals surface area contributed by atoms with Crippen LogP contribution in [0.25, 0.3) is 0 Å². The van der Waals surface area contributed by atoms with Gasteiger partial charge in [0.2, 0.25) is 18.3 Å². The Balaban J connectivity index is 1.81. The summed E-state index contributed by atoms with van der Waals surface area (Å²) in [5.74, 6) is -0.347. The highest BCUT2D eigenvalue weighted by molar-refractivity contribution is 6.05. The molecule has 4 rings (SSSR count). The van der Waals surface area contributed by atoms with Gasteiger partial charge in [-0.15, -0.1) is 0 Å². The van der Waals surface area contributed by atoms with Crippen LogP contribution in [0.3, 0.4) is 0 Å². The molecule has 2 aromatic carbocycles. The van der Waals surface area contributed by atoms with Gasteiger partial charge in [-0.25, -0.2) is 0 Å². The zero-order chi connectivity index (χ0) is 19.7. The van der Waals surface area contributed by atoms with Gasteiger partial charge in [-0.2, -0.15) is 4.57 Å². The van der Waals surface area contributed by atoms with Crippen molar-refractivity contribution in [2.75, 3.05) is 10.2 Å². The van der Waals surface area contributed by atoms with Crippen LogP contribution in [0.1, 0.15) is 22.9 Å². The molecule has 0 saturated carbocycles. The minimum Gasteiger partial charge on any atom is -0.324 e. The minimum atomic E-state index is -0.746. The van der Waals surface area contributed by atoms with Crippen LogP contribution >= 0.6 is 0 Å². The number of benzene rings is 2. The maximum atomic E-state index is 13.3. The number of anilines is 2. The van der Waals surface area contributed by atoms with E-state index in [0.29, 0.717) is 5.69 Å². The number of aromatic nitrogens is 1. The first-order chi connectivity index (χ1) is 13.5. The molecule has 1 atom stereocenters. The highest BCUT2D eigenvalue weighted by Gasteiger charge is 2.43. The van der Waals surface area contributed by atoms with Crippen molar-refractivity contribution in [3.05, 3.63) is 89.7 Å². The fourth-order valence-corrected chi connectivity index (χ4v) is 3.75. The SMILES string of the molecule is Cc1cc(C)cc(N2C(=O)C[n+]3ccccc3[C@@H]2C(=O)Nc2ccccc2)c1. The van der Waals surface area contributed by atoms with Gasteiger partial charge < -0.3 is 5.32 Å². The molecule has 140 valence electrons. The Kier molecular flexibility index (Phi) is 4.65. The van der Waals surface area contributed by atoms with E-state index in [1.165, 1.54) is 0 Å². The van der Waals surface area contributed by atoms with Crippen molar-refractivity contribution >= 4 is 23.2 Å². The maximum absolute atomic E-state index is 13.3. The average molecular weight is 372 g/mol. The van der Waals surface area contributed by atoms with Gasteiger partial charge in [-0.1, -0.05) is 30.3 Å². The van der Waals surface area contributed by atoms with Crippen molar-refractivity contribution < 1.29 is 14.2 Å².